The molecule has 0 bridgehead atoms. The Kier molecular flexibility index (Phi) is 6.17. The molecule has 0 aliphatic carbocycles. The Morgan fingerprint density at radius 1 is 1.36 bits per heavy atom. The van der Waals surface area contributed by atoms with Gasteiger partial charge in [-0.3, -0.25) is 10.5 Å². The molecule has 8 heteroatoms. The Balaban J connectivity index is 2.72. The van der Waals surface area contributed by atoms with Gasteiger partial charge in [0.2, 0.25) is 0 Å². The highest BCUT2D eigenvalue weighted by molar-refractivity contribution is 9.10. The van der Waals surface area contributed by atoms with Gasteiger partial charge in [0, 0.05) is 15.6 Å². The molecule has 0 saturated heterocycles. The fourth-order valence-electron chi connectivity index (χ4n) is 2.52. The minimum Gasteiger partial charge on any atom is -0.470 e. The minimum absolute atomic E-state index is 0.0629. The van der Waals surface area contributed by atoms with Crippen molar-refractivity contribution in [2.45, 2.75) is 20.1 Å². The Labute approximate surface area is 153 Å². The second-order valence-electron chi connectivity index (χ2n) is 5.04. The zero-order valence-electron chi connectivity index (χ0n) is 13.7. The van der Waals surface area contributed by atoms with E-state index in [1.165, 1.54) is 0 Å². The van der Waals surface area contributed by atoms with Crippen LogP contribution in [0, 0.1) is 17.2 Å². The van der Waals surface area contributed by atoms with Crippen LogP contribution in [0.4, 0.5) is 0 Å². The number of hydrogen-bond donors (Lipinski definition) is 1. The van der Waals surface area contributed by atoms with Gasteiger partial charge in [-0.05, 0) is 32.0 Å². The summed E-state index contributed by atoms with van der Waals surface area (Å²) in [5.41, 5.74) is 6.47. The highest BCUT2D eigenvalue weighted by atomic mass is 79.9. The highest BCUT2D eigenvalue weighted by Gasteiger charge is 2.39. The van der Waals surface area contributed by atoms with Crippen LogP contribution in [0.25, 0.3) is 5.57 Å². The molecule has 0 amide bonds. The third-order valence-electron chi connectivity index (χ3n) is 3.50. The van der Waals surface area contributed by atoms with E-state index in [0.717, 1.165) is 0 Å². The molecule has 1 heterocycles. The van der Waals surface area contributed by atoms with Crippen LogP contribution >= 0.6 is 15.9 Å². The summed E-state index contributed by atoms with van der Waals surface area (Å²) in [6.45, 7) is 3.50. The summed E-state index contributed by atoms with van der Waals surface area (Å²) < 4.78 is 16.3. The molecule has 0 fully saturated rings. The zero-order chi connectivity index (χ0) is 18.6. The van der Waals surface area contributed by atoms with E-state index < -0.39 is 24.1 Å². The maximum Gasteiger partial charge on any atom is 0.339 e. The maximum atomic E-state index is 12.4. The number of benzene rings is 1. The first-order valence-corrected chi connectivity index (χ1v) is 8.43. The summed E-state index contributed by atoms with van der Waals surface area (Å²) in [5, 5.41) is 9.56. The summed E-state index contributed by atoms with van der Waals surface area (Å²) in [7, 11) is 0. The van der Waals surface area contributed by atoms with E-state index in [0.29, 0.717) is 15.8 Å². The number of halogens is 1. The number of fused-ring (bicyclic) bond motifs is 1. The Morgan fingerprint density at radius 2 is 2.04 bits per heavy atom. The SMILES string of the molecule is CCOC(=O)C1=C(C(C#N)C(=O)OCC)c2cc(Br)ccc2OC1N. The molecule has 0 aromatic heterocycles. The fourth-order valence-corrected chi connectivity index (χ4v) is 2.88. The van der Waals surface area contributed by atoms with Crippen molar-refractivity contribution in [3.05, 3.63) is 33.8 Å². The van der Waals surface area contributed by atoms with Crippen molar-refractivity contribution < 1.29 is 23.8 Å². The highest BCUT2D eigenvalue weighted by Crippen LogP contribution is 2.41. The Bertz CT molecular complexity index is 769. The van der Waals surface area contributed by atoms with Crippen molar-refractivity contribution in [3.8, 4) is 11.8 Å². The van der Waals surface area contributed by atoms with Gasteiger partial charge in [0.1, 0.15) is 5.75 Å². The van der Waals surface area contributed by atoms with Crippen molar-refractivity contribution >= 4 is 33.4 Å². The smallest absolute Gasteiger partial charge is 0.339 e. The molecule has 0 spiro atoms. The van der Waals surface area contributed by atoms with Crippen molar-refractivity contribution in [2.75, 3.05) is 13.2 Å². The Hall–Kier alpha value is -2.37. The van der Waals surface area contributed by atoms with E-state index in [1.807, 2.05) is 6.07 Å². The van der Waals surface area contributed by atoms with Gasteiger partial charge in [-0.2, -0.15) is 5.26 Å². The van der Waals surface area contributed by atoms with Gasteiger partial charge in [-0.15, -0.1) is 0 Å². The van der Waals surface area contributed by atoms with E-state index in [-0.39, 0.29) is 24.4 Å². The molecule has 2 unspecified atom stereocenters. The average Bonchev–Trinajstić information content (AvgIpc) is 2.56. The number of hydrogen-bond acceptors (Lipinski definition) is 7. The van der Waals surface area contributed by atoms with Crippen LogP contribution in [0.5, 0.6) is 5.75 Å². The molecular formula is C17H17BrN2O5. The van der Waals surface area contributed by atoms with Crippen LogP contribution in [0.15, 0.2) is 28.2 Å². The van der Waals surface area contributed by atoms with E-state index in [4.69, 9.17) is 19.9 Å². The molecule has 2 atom stereocenters. The minimum atomic E-state index is -1.33. The van der Waals surface area contributed by atoms with E-state index in [9.17, 15) is 14.9 Å². The number of carbonyl (C=O) groups excluding carboxylic acids is 2. The second-order valence-corrected chi connectivity index (χ2v) is 5.96. The molecule has 2 rings (SSSR count). The second kappa shape index (κ2) is 8.14. The van der Waals surface area contributed by atoms with Crippen LogP contribution in [-0.4, -0.2) is 31.4 Å². The Morgan fingerprint density at radius 3 is 2.64 bits per heavy atom. The van der Waals surface area contributed by atoms with Crippen LogP contribution in [0.1, 0.15) is 19.4 Å². The van der Waals surface area contributed by atoms with Gasteiger partial charge < -0.3 is 14.2 Å². The molecule has 1 aromatic carbocycles. The normalized spacial score (nSPS) is 17.0. The molecule has 1 aliphatic rings. The van der Waals surface area contributed by atoms with Gasteiger partial charge in [-0.25, -0.2) is 4.79 Å². The molecule has 25 heavy (non-hydrogen) atoms. The number of carbonyl (C=O) groups is 2. The number of ether oxygens (including phenoxy) is 3. The van der Waals surface area contributed by atoms with E-state index in [1.54, 1.807) is 32.0 Å². The van der Waals surface area contributed by atoms with Crippen LogP contribution in [0.2, 0.25) is 0 Å². The fraction of sp³-hybridized carbons (Fsp3) is 0.353. The molecule has 7 nitrogen and oxygen atoms in total. The molecule has 0 radical (unpaired) electrons. The number of nitrogens with zero attached hydrogens (tertiary/aromatic N) is 1. The lowest BCUT2D eigenvalue weighted by Crippen LogP contribution is -2.39. The van der Waals surface area contributed by atoms with Crippen molar-refractivity contribution in [3.63, 3.8) is 0 Å². The maximum absolute atomic E-state index is 12.4. The van der Waals surface area contributed by atoms with Crippen molar-refractivity contribution in [1.82, 2.24) is 0 Å². The van der Waals surface area contributed by atoms with Crippen LogP contribution in [-0.2, 0) is 19.1 Å². The lowest BCUT2D eigenvalue weighted by atomic mass is 9.86. The third-order valence-corrected chi connectivity index (χ3v) is 3.99. The molecule has 0 saturated carbocycles. The predicted octanol–water partition coefficient (Wildman–Crippen LogP) is 2.15. The molecular weight excluding hydrogens is 392 g/mol. The van der Waals surface area contributed by atoms with Crippen molar-refractivity contribution in [1.29, 1.82) is 5.26 Å². The van der Waals surface area contributed by atoms with Gasteiger partial charge in [0.05, 0.1) is 24.9 Å². The lowest BCUT2D eigenvalue weighted by molar-refractivity contribution is -0.144. The zero-order valence-corrected chi connectivity index (χ0v) is 15.3. The van der Waals surface area contributed by atoms with E-state index >= 15 is 0 Å². The van der Waals surface area contributed by atoms with Gasteiger partial charge in [-0.1, -0.05) is 15.9 Å². The number of nitrogens with two attached hydrogens (primary N) is 1. The average molecular weight is 409 g/mol. The number of nitriles is 1. The summed E-state index contributed by atoms with van der Waals surface area (Å²) >= 11 is 3.33. The van der Waals surface area contributed by atoms with Gasteiger partial charge >= 0.3 is 11.9 Å². The van der Waals surface area contributed by atoms with Gasteiger partial charge in [0.15, 0.2) is 12.1 Å². The van der Waals surface area contributed by atoms with Crippen molar-refractivity contribution in [2.24, 2.45) is 11.7 Å². The first-order valence-electron chi connectivity index (χ1n) is 7.64. The topological polar surface area (TPSA) is 112 Å². The molecule has 1 aliphatic heterocycles. The van der Waals surface area contributed by atoms with Crippen LogP contribution in [0.3, 0.4) is 0 Å². The standard InChI is InChI=1S/C17H17BrN2O5/c1-3-23-16(21)11(8-19)13-10-7-9(18)5-6-12(10)25-15(20)14(13)17(22)24-4-2/h5-7,11,15H,3-4,20H2,1-2H3. The quantitative estimate of drug-likeness (QED) is 0.742. The molecule has 132 valence electrons. The van der Waals surface area contributed by atoms with Gasteiger partial charge in [0.25, 0.3) is 0 Å². The van der Waals surface area contributed by atoms with E-state index in [2.05, 4.69) is 15.9 Å². The summed E-state index contributed by atoms with van der Waals surface area (Å²) in [5.74, 6) is -2.47. The molecule has 2 N–H and O–H groups in total. The lowest BCUT2D eigenvalue weighted by Gasteiger charge is -2.29. The monoisotopic (exact) mass is 408 g/mol. The summed E-state index contributed by atoms with van der Waals surface area (Å²) in [6, 6.07) is 6.92. The summed E-state index contributed by atoms with van der Waals surface area (Å²) in [6.07, 6.45) is -1.16. The first-order chi connectivity index (χ1) is 11.9. The predicted molar refractivity (Wildman–Crippen MR) is 92.0 cm³/mol. The summed E-state index contributed by atoms with van der Waals surface area (Å²) in [4.78, 5) is 24.7. The van der Waals surface area contributed by atoms with Crippen LogP contribution < -0.4 is 10.5 Å². The largest absolute Gasteiger partial charge is 0.470 e. The number of rotatable bonds is 5. The molecule has 1 aromatic rings. The number of esters is 2. The first kappa shape index (κ1) is 19.0. The third kappa shape index (κ3) is 3.83.